The second-order valence-electron chi connectivity index (χ2n) is 7.11. The van der Waals surface area contributed by atoms with E-state index in [1.165, 1.54) is 6.42 Å². The lowest BCUT2D eigenvalue weighted by atomic mass is 10.2. The molecule has 2 aliphatic rings. The molecule has 0 aliphatic carbocycles. The zero-order chi connectivity index (χ0) is 18.9. The number of halogens is 1. The molecule has 3 rings (SSSR count). The Morgan fingerprint density at radius 1 is 1.36 bits per heavy atom. The highest BCUT2D eigenvalue weighted by molar-refractivity contribution is 14.0. The standard InChI is InChI=1S/C20H33N5O2.HI/c1-3-4-12-27-19-17(6-5-8-22-19)15-23-20(21-2)25-9-7-18(16-25)24-10-13-26-14-11-24;/h5-6,8,18H,3-4,7,9-16H2,1-2H3,(H,21,23);1H. The summed E-state index contributed by atoms with van der Waals surface area (Å²) in [7, 11) is 1.85. The summed E-state index contributed by atoms with van der Waals surface area (Å²) in [6.07, 6.45) is 5.13. The Hall–Kier alpha value is -1.13. The quantitative estimate of drug-likeness (QED) is 0.267. The highest BCUT2D eigenvalue weighted by Crippen LogP contribution is 2.18. The van der Waals surface area contributed by atoms with Crippen molar-refractivity contribution < 1.29 is 9.47 Å². The van der Waals surface area contributed by atoms with Crippen molar-refractivity contribution in [2.75, 3.05) is 53.0 Å². The third kappa shape index (κ3) is 6.45. The largest absolute Gasteiger partial charge is 0.477 e. The molecule has 0 spiro atoms. The Morgan fingerprint density at radius 2 is 2.18 bits per heavy atom. The lowest BCUT2D eigenvalue weighted by Gasteiger charge is -2.32. The molecule has 1 aromatic rings. The zero-order valence-electron chi connectivity index (χ0n) is 17.1. The van der Waals surface area contributed by atoms with Gasteiger partial charge in [0.2, 0.25) is 5.88 Å². The monoisotopic (exact) mass is 503 g/mol. The summed E-state index contributed by atoms with van der Waals surface area (Å²) in [5, 5.41) is 3.49. The van der Waals surface area contributed by atoms with Crippen LogP contribution in [0.1, 0.15) is 31.7 Å². The summed E-state index contributed by atoms with van der Waals surface area (Å²) >= 11 is 0. The maximum Gasteiger partial charge on any atom is 0.218 e. The van der Waals surface area contributed by atoms with E-state index in [-0.39, 0.29) is 24.0 Å². The molecule has 0 radical (unpaired) electrons. The number of aliphatic imine (C=N–C) groups is 1. The van der Waals surface area contributed by atoms with Gasteiger partial charge in [-0.2, -0.15) is 0 Å². The molecule has 3 heterocycles. The Labute approximate surface area is 185 Å². The number of hydrogen-bond donors (Lipinski definition) is 1. The molecule has 7 nitrogen and oxygen atoms in total. The van der Waals surface area contributed by atoms with Crippen molar-refractivity contribution >= 4 is 29.9 Å². The van der Waals surface area contributed by atoms with Gasteiger partial charge in [0.1, 0.15) is 0 Å². The lowest BCUT2D eigenvalue weighted by Crippen LogP contribution is -2.46. The average molecular weight is 503 g/mol. The molecule has 28 heavy (non-hydrogen) atoms. The maximum absolute atomic E-state index is 5.84. The number of nitrogens with one attached hydrogen (secondary N) is 1. The van der Waals surface area contributed by atoms with Gasteiger partial charge in [0.05, 0.1) is 19.8 Å². The van der Waals surface area contributed by atoms with Gasteiger partial charge in [0.15, 0.2) is 5.96 Å². The van der Waals surface area contributed by atoms with Crippen LogP contribution in [0.15, 0.2) is 23.3 Å². The van der Waals surface area contributed by atoms with Crippen molar-refractivity contribution in [3.8, 4) is 5.88 Å². The number of nitrogens with zero attached hydrogens (tertiary/aromatic N) is 4. The number of unbranched alkanes of at least 4 members (excludes halogenated alkanes) is 1. The zero-order valence-corrected chi connectivity index (χ0v) is 19.4. The molecule has 158 valence electrons. The Morgan fingerprint density at radius 3 is 2.93 bits per heavy atom. The van der Waals surface area contributed by atoms with Gasteiger partial charge in [-0.25, -0.2) is 4.98 Å². The molecule has 0 aromatic carbocycles. The van der Waals surface area contributed by atoms with E-state index in [4.69, 9.17) is 9.47 Å². The van der Waals surface area contributed by atoms with Crippen molar-refractivity contribution in [1.82, 2.24) is 20.1 Å². The van der Waals surface area contributed by atoms with Gasteiger partial charge in [0, 0.05) is 57.6 Å². The summed E-state index contributed by atoms with van der Waals surface area (Å²) in [5.74, 6) is 1.68. The van der Waals surface area contributed by atoms with Crippen molar-refractivity contribution in [3.63, 3.8) is 0 Å². The number of pyridine rings is 1. The first-order valence-corrected chi connectivity index (χ1v) is 10.2. The van der Waals surface area contributed by atoms with Crippen LogP contribution in [0, 0.1) is 0 Å². The molecule has 0 bridgehead atoms. The van der Waals surface area contributed by atoms with E-state index in [1.54, 1.807) is 6.20 Å². The SMILES string of the molecule is CCCCOc1ncccc1CNC(=NC)N1CCC(N2CCOCC2)C1.I. The summed E-state index contributed by atoms with van der Waals surface area (Å²) in [6, 6.07) is 4.62. The topological polar surface area (TPSA) is 62.2 Å². The molecule has 1 N–H and O–H groups in total. The fourth-order valence-electron chi connectivity index (χ4n) is 3.68. The minimum absolute atomic E-state index is 0. The minimum atomic E-state index is 0. The Kier molecular flexibility index (Phi) is 10.3. The number of aromatic nitrogens is 1. The molecule has 2 aliphatic heterocycles. The molecule has 0 amide bonds. The normalized spacial score (nSPS) is 20.7. The fourth-order valence-corrected chi connectivity index (χ4v) is 3.68. The third-order valence-electron chi connectivity index (χ3n) is 5.26. The molecule has 2 fully saturated rings. The number of guanidine groups is 1. The van der Waals surface area contributed by atoms with Crippen LogP contribution in [-0.4, -0.2) is 79.8 Å². The van der Waals surface area contributed by atoms with Crippen molar-refractivity contribution in [2.45, 2.75) is 38.8 Å². The molecular weight excluding hydrogens is 469 g/mol. The van der Waals surface area contributed by atoms with Crippen LogP contribution in [-0.2, 0) is 11.3 Å². The van der Waals surface area contributed by atoms with Gasteiger partial charge >= 0.3 is 0 Å². The van der Waals surface area contributed by atoms with E-state index in [0.29, 0.717) is 19.2 Å². The molecule has 1 unspecified atom stereocenters. The van der Waals surface area contributed by atoms with Gasteiger partial charge in [-0.1, -0.05) is 19.4 Å². The summed E-state index contributed by atoms with van der Waals surface area (Å²) < 4.78 is 11.3. The fraction of sp³-hybridized carbons (Fsp3) is 0.700. The molecule has 1 aromatic heterocycles. The molecule has 2 saturated heterocycles. The molecule has 8 heteroatoms. The Bertz CT molecular complexity index is 610. The summed E-state index contributed by atoms with van der Waals surface area (Å²) in [4.78, 5) is 13.8. The second-order valence-corrected chi connectivity index (χ2v) is 7.11. The highest BCUT2D eigenvalue weighted by Gasteiger charge is 2.30. The van der Waals surface area contributed by atoms with Crippen LogP contribution in [0.5, 0.6) is 5.88 Å². The second kappa shape index (κ2) is 12.4. The van der Waals surface area contributed by atoms with Crippen LogP contribution < -0.4 is 10.1 Å². The smallest absolute Gasteiger partial charge is 0.218 e. The van der Waals surface area contributed by atoms with E-state index in [9.17, 15) is 0 Å². The average Bonchev–Trinajstić information content (AvgIpc) is 3.20. The van der Waals surface area contributed by atoms with Crippen molar-refractivity contribution in [1.29, 1.82) is 0 Å². The number of ether oxygens (including phenoxy) is 2. The summed E-state index contributed by atoms with van der Waals surface area (Å²) in [6.45, 7) is 9.38. The van der Waals surface area contributed by atoms with E-state index in [0.717, 1.165) is 69.6 Å². The van der Waals surface area contributed by atoms with Gasteiger partial charge in [-0.05, 0) is 18.9 Å². The van der Waals surface area contributed by atoms with Gasteiger partial charge in [0.25, 0.3) is 0 Å². The van der Waals surface area contributed by atoms with Crippen molar-refractivity contribution in [2.24, 2.45) is 4.99 Å². The lowest BCUT2D eigenvalue weighted by molar-refractivity contribution is 0.0195. The van der Waals surface area contributed by atoms with E-state index in [1.807, 2.05) is 13.1 Å². The van der Waals surface area contributed by atoms with Gasteiger partial charge < -0.3 is 19.7 Å². The minimum Gasteiger partial charge on any atom is -0.477 e. The molecular formula is C20H34IN5O2. The summed E-state index contributed by atoms with van der Waals surface area (Å²) in [5.41, 5.74) is 1.07. The first kappa shape index (κ1) is 23.2. The van der Waals surface area contributed by atoms with Gasteiger partial charge in [-0.15, -0.1) is 24.0 Å². The van der Waals surface area contributed by atoms with Crippen LogP contribution in [0.3, 0.4) is 0 Å². The van der Waals surface area contributed by atoms with Gasteiger partial charge in [-0.3, -0.25) is 9.89 Å². The van der Waals surface area contributed by atoms with Crippen molar-refractivity contribution in [3.05, 3.63) is 23.9 Å². The highest BCUT2D eigenvalue weighted by atomic mass is 127. The van der Waals surface area contributed by atoms with Crippen LogP contribution in [0.25, 0.3) is 0 Å². The van der Waals surface area contributed by atoms with E-state index >= 15 is 0 Å². The number of hydrogen-bond acceptors (Lipinski definition) is 5. The van der Waals surface area contributed by atoms with Crippen LogP contribution >= 0.6 is 24.0 Å². The van der Waals surface area contributed by atoms with Crippen LogP contribution in [0.4, 0.5) is 0 Å². The van der Waals surface area contributed by atoms with Crippen LogP contribution in [0.2, 0.25) is 0 Å². The Balaban J connectivity index is 0.00000280. The predicted molar refractivity (Wildman–Crippen MR) is 123 cm³/mol. The first-order valence-electron chi connectivity index (χ1n) is 10.2. The third-order valence-corrected chi connectivity index (χ3v) is 5.26. The first-order chi connectivity index (χ1) is 13.3. The maximum atomic E-state index is 5.84. The number of rotatable bonds is 7. The van der Waals surface area contributed by atoms with E-state index in [2.05, 4.69) is 38.1 Å². The predicted octanol–water partition coefficient (Wildman–Crippen LogP) is 2.36. The van der Waals surface area contributed by atoms with E-state index < -0.39 is 0 Å². The number of likely N-dealkylation sites (tertiary alicyclic amines) is 1. The molecule has 0 saturated carbocycles. The number of morpholine rings is 1. The molecule has 1 atom stereocenters.